The summed E-state index contributed by atoms with van der Waals surface area (Å²) < 4.78 is 33.4. The van der Waals surface area contributed by atoms with E-state index in [1.165, 1.54) is 25.7 Å². The number of allylic oxidation sites excluding steroid dienone is 16. The summed E-state index contributed by atoms with van der Waals surface area (Å²) in [5.41, 5.74) is 0. The quantitative estimate of drug-likeness (QED) is 0.0282. The van der Waals surface area contributed by atoms with Gasteiger partial charge < -0.3 is 19.3 Å². The third-order valence-electron chi connectivity index (χ3n) is 8.37. The summed E-state index contributed by atoms with van der Waals surface area (Å²) in [7, 11) is -0.765. The molecule has 324 valence electrons. The van der Waals surface area contributed by atoms with Crippen LogP contribution in [0, 0.1) is 0 Å². The largest absolute Gasteiger partial charge is 0.472 e. The van der Waals surface area contributed by atoms with Crippen LogP contribution in [0.2, 0.25) is 0 Å². The zero-order valence-corrected chi connectivity index (χ0v) is 36.9. The van der Waals surface area contributed by atoms with E-state index in [1.54, 1.807) is 4.90 Å². The van der Waals surface area contributed by atoms with E-state index >= 15 is 0 Å². The number of phosphoric acid groups is 1. The fourth-order valence-electron chi connectivity index (χ4n) is 5.08. The topological polar surface area (TPSA) is 112 Å². The smallest absolute Gasteiger partial charge is 0.462 e. The number of hydrogen-bond donors (Lipinski definition) is 1. The van der Waals surface area contributed by atoms with E-state index < -0.39 is 32.5 Å². The van der Waals surface area contributed by atoms with E-state index in [-0.39, 0.29) is 26.1 Å². The molecule has 0 aliphatic heterocycles. The molecule has 0 fully saturated rings. The van der Waals surface area contributed by atoms with Crippen molar-refractivity contribution in [3.05, 3.63) is 97.2 Å². The molecular weight excluding hydrogens is 737 g/mol. The molecular formula is C47H78NO8P. The highest BCUT2D eigenvalue weighted by Crippen LogP contribution is 2.43. The molecule has 10 heteroatoms. The van der Waals surface area contributed by atoms with Crippen LogP contribution in [0.4, 0.5) is 0 Å². The molecule has 0 aromatic heterocycles. The van der Waals surface area contributed by atoms with Crippen molar-refractivity contribution in [3.63, 3.8) is 0 Å². The third kappa shape index (κ3) is 42.4. The molecule has 0 aliphatic carbocycles. The SMILES string of the molecule is CC/C=C\C/C=C\C/C=C\C/C=C\CCCCCCC(=O)OCC(COP(=O)(O)OCCN(C)C)OC(=O)CCC/C=C\C/C=C\C/C=C\C/C=C\CCCCC. The van der Waals surface area contributed by atoms with Crippen LogP contribution >= 0.6 is 7.82 Å². The first-order valence-corrected chi connectivity index (χ1v) is 23.0. The van der Waals surface area contributed by atoms with Gasteiger partial charge in [-0.05, 0) is 104 Å². The summed E-state index contributed by atoms with van der Waals surface area (Å²) >= 11 is 0. The van der Waals surface area contributed by atoms with Crippen molar-refractivity contribution in [2.75, 3.05) is 40.5 Å². The van der Waals surface area contributed by atoms with Crippen molar-refractivity contribution in [2.45, 2.75) is 148 Å². The highest BCUT2D eigenvalue weighted by molar-refractivity contribution is 7.47. The zero-order chi connectivity index (χ0) is 41.9. The minimum absolute atomic E-state index is 0.0128. The van der Waals surface area contributed by atoms with E-state index in [0.717, 1.165) is 70.6 Å². The second-order valence-electron chi connectivity index (χ2n) is 14.1. The number of carbonyl (C=O) groups excluding carboxylic acids is 2. The predicted octanol–water partition coefficient (Wildman–Crippen LogP) is 12.4. The number of phosphoric ester groups is 1. The average molecular weight is 816 g/mol. The van der Waals surface area contributed by atoms with Crippen LogP contribution in [-0.4, -0.2) is 68.3 Å². The lowest BCUT2D eigenvalue weighted by molar-refractivity contribution is -0.161. The summed E-state index contributed by atoms with van der Waals surface area (Å²) in [6.07, 6.45) is 51.7. The monoisotopic (exact) mass is 816 g/mol. The van der Waals surface area contributed by atoms with E-state index in [1.807, 2.05) is 20.2 Å². The Bertz CT molecular complexity index is 1260. The number of ether oxygens (including phenoxy) is 2. The van der Waals surface area contributed by atoms with Crippen molar-refractivity contribution < 1.29 is 37.6 Å². The molecule has 0 rings (SSSR count). The van der Waals surface area contributed by atoms with Crippen LogP contribution in [0.25, 0.3) is 0 Å². The van der Waals surface area contributed by atoms with Gasteiger partial charge >= 0.3 is 19.8 Å². The lowest BCUT2D eigenvalue weighted by Gasteiger charge is -2.20. The molecule has 0 saturated carbocycles. The molecule has 0 saturated heterocycles. The number of carbonyl (C=O) groups is 2. The summed E-state index contributed by atoms with van der Waals surface area (Å²) in [4.78, 5) is 37.0. The molecule has 9 nitrogen and oxygen atoms in total. The molecule has 0 bridgehead atoms. The Balaban J connectivity index is 4.47. The van der Waals surface area contributed by atoms with Crippen LogP contribution in [0.3, 0.4) is 0 Å². The lowest BCUT2D eigenvalue weighted by atomic mass is 10.1. The maximum atomic E-state index is 12.6. The maximum absolute atomic E-state index is 12.6. The number of nitrogens with zero attached hydrogens (tertiary/aromatic N) is 1. The van der Waals surface area contributed by atoms with Crippen molar-refractivity contribution in [2.24, 2.45) is 0 Å². The number of rotatable bonds is 38. The Hall–Kier alpha value is -3.07. The molecule has 0 amide bonds. The number of esters is 2. The van der Waals surface area contributed by atoms with E-state index in [4.69, 9.17) is 18.5 Å². The van der Waals surface area contributed by atoms with Gasteiger partial charge in [0.05, 0.1) is 13.2 Å². The molecule has 1 N–H and O–H groups in total. The predicted molar refractivity (Wildman–Crippen MR) is 238 cm³/mol. The molecule has 0 aromatic rings. The first-order valence-electron chi connectivity index (χ1n) is 21.5. The number of unbranched alkanes of at least 4 members (excludes halogenated alkanes) is 8. The Labute approximate surface area is 347 Å². The van der Waals surface area contributed by atoms with Crippen LogP contribution < -0.4 is 0 Å². The van der Waals surface area contributed by atoms with Crippen LogP contribution in [0.5, 0.6) is 0 Å². The first-order chi connectivity index (χ1) is 27.7. The average Bonchev–Trinajstić information content (AvgIpc) is 3.18. The molecule has 0 aromatic carbocycles. The van der Waals surface area contributed by atoms with Gasteiger partial charge in [0.15, 0.2) is 6.10 Å². The Morgan fingerprint density at radius 1 is 0.561 bits per heavy atom. The Kier molecular flexibility index (Phi) is 38.9. The second-order valence-corrected chi connectivity index (χ2v) is 15.6. The van der Waals surface area contributed by atoms with E-state index in [9.17, 15) is 19.0 Å². The maximum Gasteiger partial charge on any atom is 0.472 e. The molecule has 2 unspecified atom stereocenters. The van der Waals surface area contributed by atoms with Gasteiger partial charge in [-0.25, -0.2) is 4.57 Å². The second kappa shape index (κ2) is 41.1. The molecule has 0 spiro atoms. The molecule has 2 atom stereocenters. The normalized spacial score (nSPS) is 14.4. The van der Waals surface area contributed by atoms with Gasteiger partial charge in [0.25, 0.3) is 0 Å². The van der Waals surface area contributed by atoms with Gasteiger partial charge in [0.2, 0.25) is 0 Å². The Morgan fingerprint density at radius 2 is 1.02 bits per heavy atom. The highest BCUT2D eigenvalue weighted by atomic mass is 31.2. The fourth-order valence-corrected chi connectivity index (χ4v) is 5.82. The van der Waals surface area contributed by atoms with Gasteiger partial charge in [0, 0.05) is 19.4 Å². The lowest BCUT2D eigenvalue weighted by Crippen LogP contribution is -2.29. The van der Waals surface area contributed by atoms with Crippen molar-refractivity contribution >= 4 is 19.8 Å². The van der Waals surface area contributed by atoms with Crippen LogP contribution in [0.1, 0.15) is 142 Å². The van der Waals surface area contributed by atoms with Crippen molar-refractivity contribution in [1.82, 2.24) is 4.90 Å². The molecule has 57 heavy (non-hydrogen) atoms. The van der Waals surface area contributed by atoms with E-state index in [2.05, 4.69) is 105 Å². The molecule has 0 radical (unpaired) electrons. The van der Waals surface area contributed by atoms with E-state index in [0.29, 0.717) is 25.8 Å². The zero-order valence-electron chi connectivity index (χ0n) is 36.0. The minimum atomic E-state index is -4.39. The highest BCUT2D eigenvalue weighted by Gasteiger charge is 2.26. The van der Waals surface area contributed by atoms with Gasteiger partial charge in [-0.15, -0.1) is 0 Å². The van der Waals surface area contributed by atoms with Crippen LogP contribution in [-0.2, 0) is 32.7 Å². The van der Waals surface area contributed by atoms with Gasteiger partial charge in [-0.2, -0.15) is 0 Å². The Morgan fingerprint density at radius 3 is 1.53 bits per heavy atom. The van der Waals surface area contributed by atoms with Crippen LogP contribution in [0.15, 0.2) is 97.2 Å². The number of likely N-dealkylation sites (N-methyl/N-ethyl adjacent to an activating group) is 1. The summed E-state index contributed by atoms with van der Waals surface area (Å²) in [5.74, 6) is -0.907. The standard InChI is InChI=1S/C47H78NO8P/c1-5-7-9-11-13-15-17-19-21-23-25-27-29-31-33-35-37-39-46(49)53-43-45(44-55-57(51,52)54-42-41-48(3)4)56-47(50)40-38-36-34-32-30-28-26-24-22-20-18-16-14-12-10-8-6-2/h7,9,13-16,19-22,25-28,32,34,45H,5-6,8,10-12,17-18,23-24,29-31,33,35-44H2,1-4H3,(H,51,52)/b9-7-,15-13-,16-14-,21-19-,22-20-,27-25-,28-26-,34-32-. The van der Waals surface area contributed by atoms with Gasteiger partial charge in [-0.3, -0.25) is 18.6 Å². The number of hydrogen-bond acceptors (Lipinski definition) is 8. The van der Waals surface area contributed by atoms with Gasteiger partial charge in [-0.1, -0.05) is 137 Å². The fraction of sp³-hybridized carbons (Fsp3) is 0.617. The summed E-state index contributed by atoms with van der Waals surface area (Å²) in [5, 5.41) is 0. The summed E-state index contributed by atoms with van der Waals surface area (Å²) in [6, 6.07) is 0. The van der Waals surface area contributed by atoms with Gasteiger partial charge in [0.1, 0.15) is 6.61 Å². The minimum Gasteiger partial charge on any atom is -0.462 e. The molecule has 0 heterocycles. The third-order valence-corrected chi connectivity index (χ3v) is 9.36. The van der Waals surface area contributed by atoms with Crippen molar-refractivity contribution in [3.8, 4) is 0 Å². The first kappa shape index (κ1) is 53.9. The van der Waals surface area contributed by atoms with Crippen molar-refractivity contribution in [1.29, 1.82) is 0 Å². The molecule has 0 aliphatic rings. The summed E-state index contributed by atoms with van der Waals surface area (Å²) in [6.45, 7) is 4.06.